The number of aromatic nitrogens is 4. The maximum atomic E-state index is 13.2. The van der Waals surface area contributed by atoms with E-state index in [1.165, 1.54) is 5.56 Å². The fourth-order valence-electron chi connectivity index (χ4n) is 3.31. The molecule has 0 N–H and O–H groups in total. The molecule has 1 saturated heterocycles. The minimum absolute atomic E-state index is 0.0627. The van der Waals surface area contributed by atoms with Crippen LogP contribution in [0.25, 0.3) is 5.69 Å². The molecule has 4 rings (SSSR count). The van der Waals surface area contributed by atoms with Gasteiger partial charge in [0.2, 0.25) is 0 Å². The van der Waals surface area contributed by atoms with E-state index in [9.17, 15) is 4.79 Å². The first-order valence-corrected chi connectivity index (χ1v) is 9.48. The van der Waals surface area contributed by atoms with Crippen molar-refractivity contribution in [3.63, 3.8) is 0 Å². The molecular formula is C21H23N5O2. The van der Waals surface area contributed by atoms with Crippen molar-refractivity contribution in [1.29, 1.82) is 0 Å². The Hall–Kier alpha value is -3.06. The highest BCUT2D eigenvalue weighted by Gasteiger charge is 2.25. The lowest BCUT2D eigenvalue weighted by atomic mass is 10.2. The highest BCUT2D eigenvalue weighted by atomic mass is 16.5. The predicted molar refractivity (Wildman–Crippen MR) is 104 cm³/mol. The summed E-state index contributed by atoms with van der Waals surface area (Å²) in [7, 11) is 0. The van der Waals surface area contributed by atoms with Crippen LogP contribution in [-0.4, -0.2) is 50.0 Å². The van der Waals surface area contributed by atoms with E-state index in [2.05, 4.69) is 15.3 Å². The zero-order chi connectivity index (χ0) is 19.3. The van der Waals surface area contributed by atoms with Gasteiger partial charge in [0.25, 0.3) is 5.91 Å². The van der Waals surface area contributed by atoms with Crippen molar-refractivity contribution in [3.05, 3.63) is 71.8 Å². The standard InChI is InChI=1S/C21H23N5O2/c1-16-6-8-18(9-7-16)26-15-20(23-24-26)21(27)25(14-19-5-3-11-28-19)13-17-4-2-10-22-12-17/h2,4,6-10,12,15,19H,3,5,11,13-14H2,1H3. The number of pyridine rings is 1. The molecule has 2 aromatic heterocycles. The Balaban J connectivity index is 1.54. The van der Waals surface area contributed by atoms with Gasteiger partial charge in [-0.15, -0.1) is 5.10 Å². The summed E-state index contributed by atoms with van der Waals surface area (Å²) in [5, 5.41) is 8.25. The number of ether oxygens (including phenoxy) is 1. The Labute approximate surface area is 164 Å². The average molecular weight is 377 g/mol. The summed E-state index contributed by atoms with van der Waals surface area (Å²) >= 11 is 0. The molecule has 144 valence electrons. The van der Waals surface area contributed by atoms with Crippen molar-refractivity contribution < 1.29 is 9.53 Å². The van der Waals surface area contributed by atoms with E-state index in [0.717, 1.165) is 30.7 Å². The van der Waals surface area contributed by atoms with E-state index in [1.54, 1.807) is 28.2 Å². The van der Waals surface area contributed by atoms with Gasteiger partial charge in [0, 0.05) is 32.1 Å². The first-order valence-electron chi connectivity index (χ1n) is 9.48. The number of nitrogens with zero attached hydrogens (tertiary/aromatic N) is 5. The molecule has 28 heavy (non-hydrogen) atoms. The van der Waals surface area contributed by atoms with Crippen LogP contribution in [-0.2, 0) is 11.3 Å². The number of hydrogen-bond donors (Lipinski definition) is 0. The molecule has 7 heteroatoms. The fourth-order valence-corrected chi connectivity index (χ4v) is 3.31. The van der Waals surface area contributed by atoms with Gasteiger partial charge in [-0.25, -0.2) is 4.68 Å². The Morgan fingerprint density at radius 1 is 1.29 bits per heavy atom. The van der Waals surface area contributed by atoms with E-state index in [1.807, 2.05) is 43.3 Å². The van der Waals surface area contributed by atoms with Gasteiger partial charge in [0.15, 0.2) is 5.69 Å². The molecule has 1 atom stereocenters. The second kappa shape index (κ2) is 8.31. The molecule has 0 aliphatic carbocycles. The predicted octanol–water partition coefficient (Wildman–Crippen LogP) is 2.79. The zero-order valence-corrected chi connectivity index (χ0v) is 15.9. The maximum absolute atomic E-state index is 13.2. The Morgan fingerprint density at radius 2 is 2.14 bits per heavy atom. The fraction of sp³-hybridized carbons (Fsp3) is 0.333. The number of hydrogen-bond acceptors (Lipinski definition) is 5. The highest BCUT2D eigenvalue weighted by Crippen LogP contribution is 2.17. The second-order valence-corrected chi connectivity index (χ2v) is 7.07. The SMILES string of the molecule is Cc1ccc(-n2cc(C(=O)N(Cc3cccnc3)CC3CCCO3)nn2)cc1. The third-order valence-corrected chi connectivity index (χ3v) is 4.84. The number of carbonyl (C=O) groups is 1. The smallest absolute Gasteiger partial charge is 0.276 e. The lowest BCUT2D eigenvalue weighted by Gasteiger charge is -2.24. The molecule has 1 aliphatic heterocycles. The van der Waals surface area contributed by atoms with Gasteiger partial charge in [0.1, 0.15) is 0 Å². The second-order valence-electron chi connectivity index (χ2n) is 7.07. The number of rotatable bonds is 6. The van der Waals surface area contributed by atoms with E-state index < -0.39 is 0 Å². The van der Waals surface area contributed by atoms with Gasteiger partial charge in [-0.05, 0) is 43.5 Å². The van der Waals surface area contributed by atoms with Crippen LogP contribution in [0.4, 0.5) is 0 Å². The van der Waals surface area contributed by atoms with Crippen molar-refractivity contribution in [2.45, 2.75) is 32.4 Å². The lowest BCUT2D eigenvalue weighted by molar-refractivity contribution is 0.0502. The molecule has 3 aromatic rings. The van der Waals surface area contributed by atoms with Crippen LogP contribution in [0.3, 0.4) is 0 Å². The molecule has 1 aliphatic rings. The first-order chi connectivity index (χ1) is 13.7. The highest BCUT2D eigenvalue weighted by molar-refractivity contribution is 5.92. The van der Waals surface area contributed by atoms with Crippen molar-refractivity contribution in [3.8, 4) is 5.69 Å². The lowest BCUT2D eigenvalue weighted by Crippen LogP contribution is -2.37. The van der Waals surface area contributed by atoms with Crippen LogP contribution in [0.1, 0.15) is 34.5 Å². The third kappa shape index (κ3) is 4.26. The zero-order valence-electron chi connectivity index (χ0n) is 15.9. The summed E-state index contributed by atoms with van der Waals surface area (Å²) in [4.78, 5) is 19.1. The van der Waals surface area contributed by atoms with Crippen LogP contribution in [0.15, 0.2) is 55.0 Å². The number of carbonyl (C=O) groups excluding carboxylic acids is 1. The summed E-state index contributed by atoms with van der Waals surface area (Å²) in [6.07, 6.45) is 7.24. The molecule has 7 nitrogen and oxygen atoms in total. The summed E-state index contributed by atoms with van der Waals surface area (Å²) in [5.41, 5.74) is 3.33. The van der Waals surface area contributed by atoms with Gasteiger partial charge in [-0.3, -0.25) is 9.78 Å². The van der Waals surface area contributed by atoms with E-state index >= 15 is 0 Å². The van der Waals surface area contributed by atoms with Crippen LogP contribution < -0.4 is 0 Å². The number of benzene rings is 1. The van der Waals surface area contributed by atoms with E-state index in [-0.39, 0.29) is 12.0 Å². The van der Waals surface area contributed by atoms with Gasteiger partial charge in [0.05, 0.1) is 18.0 Å². The average Bonchev–Trinajstić information content (AvgIpc) is 3.40. The van der Waals surface area contributed by atoms with Crippen molar-refractivity contribution in [2.75, 3.05) is 13.2 Å². The van der Waals surface area contributed by atoms with E-state index in [4.69, 9.17) is 4.74 Å². The summed E-state index contributed by atoms with van der Waals surface area (Å²) in [6.45, 7) is 3.78. The molecule has 1 unspecified atom stereocenters. The summed E-state index contributed by atoms with van der Waals surface area (Å²) in [6, 6.07) is 11.8. The van der Waals surface area contributed by atoms with Gasteiger partial charge in [-0.1, -0.05) is 29.0 Å². The molecule has 3 heterocycles. The normalized spacial score (nSPS) is 16.2. The number of amides is 1. The molecule has 0 radical (unpaired) electrons. The maximum Gasteiger partial charge on any atom is 0.276 e. The van der Waals surface area contributed by atoms with E-state index in [0.29, 0.717) is 18.8 Å². The molecule has 0 bridgehead atoms. The topological polar surface area (TPSA) is 73.1 Å². The van der Waals surface area contributed by atoms with Gasteiger partial charge >= 0.3 is 0 Å². The van der Waals surface area contributed by atoms with Gasteiger partial charge < -0.3 is 9.64 Å². The molecule has 1 aromatic carbocycles. The molecular weight excluding hydrogens is 354 g/mol. The van der Waals surface area contributed by atoms with Crippen molar-refractivity contribution in [1.82, 2.24) is 24.9 Å². The van der Waals surface area contributed by atoms with Crippen LogP contribution in [0, 0.1) is 6.92 Å². The molecule has 1 fully saturated rings. The van der Waals surface area contributed by atoms with Gasteiger partial charge in [-0.2, -0.15) is 0 Å². The van der Waals surface area contributed by atoms with Crippen molar-refractivity contribution >= 4 is 5.91 Å². The molecule has 0 saturated carbocycles. The quantitative estimate of drug-likeness (QED) is 0.660. The summed E-state index contributed by atoms with van der Waals surface area (Å²) in [5.74, 6) is -0.155. The van der Waals surface area contributed by atoms with Crippen LogP contribution >= 0.6 is 0 Å². The third-order valence-electron chi connectivity index (χ3n) is 4.84. The summed E-state index contributed by atoms with van der Waals surface area (Å²) < 4.78 is 7.37. The Kier molecular flexibility index (Phi) is 5.43. The van der Waals surface area contributed by atoms with Crippen molar-refractivity contribution in [2.24, 2.45) is 0 Å². The Morgan fingerprint density at radius 3 is 2.86 bits per heavy atom. The van der Waals surface area contributed by atoms with Crippen LogP contribution in [0.5, 0.6) is 0 Å². The monoisotopic (exact) mass is 377 g/mol. The Bertz CT molecular complexity index is 917. The minimum Gasteiger partial charge on any atom is -0.376 e. The van der Waals surface area contributed by atoms with Crippen LogP contribution in [0.2, 0.25) is 0 Å². The largest absolute Gasteiger partial charge is 0.376 e. The molecule has 0 spiro atoms. The number of aryl methyl sites for hydroxylation is 1. The molecule has 1 amide bonds. The minimum atomic E-state index is -0.155. The first kappa shape index (κ1) is 18.3.